The first kappa shape index (κ1) is 14.0. The van der Waals surface area contributed by atoms with Gasteiger partial charge in [-0.3, -0.25) is 4.79 Å². The highest BCUT2D eigenvalue weighted by Crippen LogP contribution is 2.41. The van der Waals surface area contributed by atoms with Gasteiger partial charge >= 0.3 is 0 Å². The first-order chi connectivity index (χ1) is 9.61. The smallest absolute Gasteiger partial charge is 0.172 e. The lowest BCUT2D eigenvalue weighted by atomic mass is 9.81. The second kappa shape index (κ2) is 5.45. The average Bonchev–Trinajstić information content (AvgIpc) is 2.86. The fourth-order valence-electron chi connectivity index (χ4n) is 3.05. The van der Waals surface area contributed by atoms with Crippen molar-refractivity contribution in [3.63, 3.8) is 0 Å². The zero-order chi connectivity index (χ0) is 14.2. The first-order valence-electron chi connectivity index (χ1n) is 6.81. The molecule has 2 aliphatic heterocycles. The maximum absolute atomic E-state index is 13.7. The quantitative estimate of drug-likeness (QED) is 0.782. The van der Waals surface area contributed by atoms with Crippen LogP contribution in [0.1, 0.15) is 29.6 Å². The molecule has 2 unspecified atom stereocenters. The van der Waals surface area contributed by atoms with Crippen LogP contribution in [0.4, 0.5) is 8.78 Å². The van der Waals surface area contributed by atoms with E-state index in [0.717, 1.165) is 30.1 Å². The molecule has 2 atom stereocenters. The molecule has 1 aromatic carbocycles. The van der Waals surface area contributed by atoms with E-state index >= 15 is 0 Å². The Morgan fingerprint density at radius 2 is 2.10 bits per heavy atom. The Balaban J connectivity index is 1.83. The highest BCUT2D eigenvalue weighted by molar-refractivity contribution is 7.99. The number of carbonyl (C=O) groups is 1. The minimum atomic E-state index is -0.767. The molecule has 0 radical (unpaired) electrons. The fourth-order valence-corrected chi connectivity index (χ4v) is 4.43. The van der Waals surface area contributed by atoms with Gasteiger partial charge in [0.25, 0.3) is 0 Å². The van der Waals surface area contributed by atoms with E-state index in [0.29, 0.717) is 19.4 Å². The third-order valence-corrected chi connectivity index (χ3v) is 5.36. The van der Waals surface area contributed by atoms with Gasteiger partial charge in [-0.05, 0) is 37.1 Å². The van der Waals surface area contributed by atoms with Gasteiger partial charge in [0.15, 0.2) is 5.78 Å². The van der Waals surface area contributed by atoms with E-state index in [4.69, 9.17) is 4.74 Å². The van der Waals surface area contributed by atoms with E-state index in [2.05, 4.69) is 0 Å². The molecule has 0 N–H and O–H groups in total. The molecule has 0 amide bonds. The fraction of sp³-hybridized carbons (Fsp3) is 0.533. The zero-order valence-electron chi connectivity index (χ0n) is 11.0. The van der Waals surface area contributed by atoms with Gasteiger partial charge in [-0.25, -0.2) is 8.78 Å². The van der Waals surface area contributed by atoms with E-state index in [9.17, 15) is 13.6 Å². The summed E-state index contributed by atoms with van der Waals surface area (Å²) in [6.07, 6.45) is 2.03. The largest absolute Gasteiger partial charge is 0.374 e. The molecule has 3 rings (SSSR count). The molecule has 0 aliphatic carbocycles. The summed E-state index contributed by atoms with van der Waals surface area (Å²) >= 11 is 1.81. The van der Waals surface area contributed by atoms with Crippen molar-refractivity contribution in [1.82, 2.24) is 0 Å². The number of halogens is 2. The average molecular weight is 298 g/mol. The Bertz CT molecular complexity index is 506. The lowest BCUT2D eigenvalue weighted by Crippen LogP contribution is -2.42. The number of rotatable bonds is 2. The van der Waals surface area contributed by atoms with E-state index in [1.165, 1.54) is 6.07 Å². The highest BCUT2D eigenvalue weighted by atomic mass is 32.2. The number of thioether (sulfide) groups is 1. The predicted octanol–water partition coefficient (Wildman–Crippen LogP) is 3.45. The first-order valence-corrected chi connectivity index (χ1v) is 7.97. The van der Waals surface area contributed by atoms with Crippen molar-refractivity contribution >= 4 is 17.5 Å². The molecular weight excluding hydrogens is 282 g/mol. The van der Waals surface area contributed by atoms with Crippen LogP contribution in [0.2, 0.25) is 0 Å². The van der Waals surface area contributed by atoms with Crippen LogP contribution < -0.4 is 0 Å². The summed E-state index contributed by atoms with van der Waals surface area (Å²) in [4.78, 5) is 12.4. The molecular formula is C15H16F2O2S. The Kier molecular flexibility index (Phi) is 3.82. The van der Waals surface area contributed by atoms with Gasteiger partial charge in [0.05, 0.1) is 11.2 Å². The SMILES string of the molecule is O=C(c1c(F)cccc1F)C1CCOC2(CCSC2)C1. The number of ketones is 1. The van der Waals surface area contributed by atoms with Crippen molar-refractivity contribution in [3.05, 3.63) is 35.4 Å². The van der Waals surface area contributed by atoms with E-state index in [1.807, 2.05) is 11.8 Å². The van der Waals surface area contributed by atoms with Gasteiger partial charge < -0.3 is 4.74 Å². The molecule has 1 aromatic rings. The summed E-state index contributed by atoms with van der Waals surface area (Å²) < 4.78 is 33.3. The third-order valence-electron chi connectivity index (χ3n) is 4.14. The maximum Gasteiger partial charge on any atom is 0.172 e. The second-order valence-corrected chi connectivity index (χ2v) is 6.59. The zero-order valence-corrected chi connectivity index (χ0v) is 11.8. The van der Waals surface area contributed by atoms with Gasteiger partial charge in [-0.2, -0.15) is 11.8 Å². The Labute approximate surface area is 120 Å². The van der Waals surface area contributed by atoms with E-state index in [-0.39, 0.29) is 17.1 Å². The van der Waals surface area contributed by atoms with Crippen molar-refractivity contribution in [2.75, 3.05) is 18.1 Å². The van der Waals surface area contributed by atoms with Gasteiger partial charge in [0, 0.05) is 18.3 Å². The maximum atomic E-state index is 13.7. The van der Waals surface area contributed by atoms with Crippen molar-refractivity contribution < 1.29 is 18.3 Å². The Hall–Kier alpha value is -0.940. The normalized spacial score (nSPS) is 29.8. The monoisotopic (exact) mass is 298 g/mol. The lowest BCUT2D eigenvalue weighted by Gasteiger charge is -2.37. The molecule has 2 saturated heterocycles. The molecule has 1 spiro atoms. The molecule has 0 bridgehead atoms. The van der Waals surface area contributed by atoms with Crippen LogP contribution in [0.3, 0.4) is 0 Å². The van der Waals surface area contributed by atoms with Crippen LogP contribution in [0.25, 0.3) is 0 Å². The molecule has 20 heavy (non-hydrogen) atoms. The van der Waals surface area contributed by atoms with Crippen molar-refractivity contribution in [2.45, 2.75) is 24.9 Å². The summed E-state index contributed by atoms with van der Waals surface area (Å²) in [5.74, 6) is -0.396. The summed E-state index contributed by atoms with van der Waals surface area (Å²) in [6.45, 7) is 0.493. The summed E-state index contributed by atoms with van der Waals surface area (Å²) in [7, 11) is 0. The number of hydrogen-bond acceptors (Lipinski definition) is 3. The molecule has 108 valence electrons. The van der Waals surface area contributed by atoms with Gasteiger partial charge in [-0.15, -0.1) is 0 Å². The van der Waals surface area contributed by atoms with Crippen molar-refractivity contribution in [2.24, 2.45) is 5.92 Å². The third kappa shape index (κ3) is 2.49. The topological polar surface area (TPSA) is 26.3 Å². The van der Waals surface area contributed by atoms with Crippen LogP contribution in [-0.2, 0) is 4.74 Å². The minimum Gasteiger partial charge on any atom is -0.374 e. The molecule has 2 aliphatic rings. The number of Topliss-reactive ketones (excluding diaryl/α,β-unsaturated/α-hetero) is 1. The van der Waals surface area contributed by atoms with Crippen LogP contribution in [-0.4, -0.2) is 29.5 Å². The van der Waals surface area contributed by atoms with Crippen molar-refractivity contribution in [1.29, 1.82) is 0 Å². The number of hydrogen-bond donors (Lipinski definition) is 0. The molecule has 2 heterocycles. The van der Waals surface area contributed by atoms with E-state index in [1.54, 1.807) is 0 Å². The van der Waals surface area contributed by atoms with Crippen molar-refractivity contribution in [3.8, 4) is 0 Å². The standard InChI is InChI=1S/C15H16F2O2S/c16-11-2-1-3-12(17)13(11)14(18)10-4-6-19-15(8-10)5-7-20-9-15/h1-3,10H,4-9H2. The van der Waals surface area contributed by atoms with Gasteiger partial charge in [-0.1, -0.05) is 6.07 Å². The Morgan fingerprint density at radius 1 is 1.35 bits per heavy atom. The number of benzene rings is 1. The predicted molar refractivity (Wildman–Crippen MR) is 74.0 cm³/mol. The van der Waals surface area contributed by atoms with Crippen LogP contribution in [0.15, 0.2) is 18.2 Å². The second-order valence-electron chi connectivity index (χ2n) is 5.48. The minimum absolute atomic E-state index is 0.259. The molecule has 0 saturated carbocycles. The summed E-state index contributed by atoms with van der Waals surface area (Å²) in [6, 6.07) is 3.55. The number of carbonyl (C=O) groups excluding carboxylic acids is 1. The van der Waals surface area contributed by atoms with Crippen LogP contribution in [0, 0.1) is 17.6 Å². The molecule has 2 fully saturated rings. The number of ether oxygens (including phenoxy) is 1. The van der Waals surface area contributed by atoms with Crippen LogP contribution in [0.5, 0.6) is 0 Å². The molecule has 2 nitrogen and oxygen atoms in total. The highest BCUT2D eigenvalue weighted by Gasteiger charge is 2.43. The molecule has 5 heteroatoms. The lowest BCUT2D eigenvalue weighted by molar-refractivity contribution is -0.0735. The van der Waals surface area contributed by atoms with Gasteiger partial charge in [0.1, 0.15) is 11.6 Å². The molecule has 0 aromatic heterocycles. The van der Waals surface area contributed by atoms with Crippen LogP contribution >= 0.6 is 11.8 Å². The van der Waals surface area contributed by atoms with Gasteiger partial charge in [0.2, 0.25) is 0 Å². The summed E-state index contributed by atoms with van der Waals surface area (Å²) in [5.41, 5.74) is -0.648. The van der Waals surface area contributed by atoms with E-state index < -0.39 is 17.4 Å². The Morgan fingerprint density at radius 3 is 2.75 bits per heavy atom. The summed E-state index contributed by atoms with van der Waals surface area (Å²) in [5, 5.41) is 0.